The Balaban J connectivity index is 3.36. The SMILES string of the molecule is CCN(CCOC)S(=O)(=O)c1cc([N+](=O)[O-])c(Cl)cc1C. The van der Waals surface area contributed by atoms with E-state index in [1.807, 2.05) is 0 Å². The lowest BCUT2D eigenvalue weighted by atomic mass is 10.2. The summed E-state index contributed by atoms with van der Waals surface area (Å²) in [5.74, 6) is 0. The maximum atomic E-state index is 12.6. The van der Waals surface area contributed by atoms with Crippen molar-refractivity contribution in [2.75, 3.05) is 26.8 Å². The first-order valence-corrected chi connectivity index (χ1v) is 8.01. The van der Waals surface area contributed by atoms with Gasteiger partial charge in [-0.1, -0.05) is 18.5 Å². The summed E-state index contributed by atoms with van der Waals surface area (Å²) < 4.78 is 31.2. The molecule has 21 heavy (non-hydrogen) atoms. The Labute approximate surface area is 128 Å². The van der Waals surface area contributed by atoms with Crippen LogP contribution in [0.2, 0.25) is 5.02 Å². The third-order valence-corrected chi connectivity index (χ3v) is 5.38. The number of sulfonamides is 1. The third kappa shape index (κ3) is 3.91. The van der Waals surface area contributed by atoms with E-state index in [-0.39, 0.29) is 29.6 Å². The lowest BCUT2D eigenvalue weighted by molar-refractivity contribution is -0.384. The van der Waals surface area contributed by atoms with E-state index < -0.39 is 20.6 Å². The molecular formula is C12H17ClN2O5S. The van der Waals surface area contributed by atoms with E-state index >= 15 is 0 Å². The first-order chi connectivity index (χ1) is 9.75. The van der Waals surface area contributed by atoms with Gasteiger partial charge < -0.3 is 4.74 Å². The molecule has 0 radical (unpaired) electrons. The molecule has 118 valence electrons. The van der Waals surface area contributed by atoms with E-state index in [1.54, 1.807) is 13.8 Å². The van der Waals surface area contributed by atoms with Gasteiger partial charge in [0.1, 0.15) is 5.02 Å². The number of nitro benzene ring substituents is 1. The smallest absolute Gasteiger partial charge is 0.289 e. The summed E-state index contributed by atoms with van der Waals surface area (Å²) in [5.41, 5.74) is -0.0647. The van der Waals surface area contributed by atoms with Gasteiger partial charge in [-0.15, -0.1) is 0 Å². The highest BCUT2D eigenvalue weighted by Gasteiger charge is 2.28. The van der Waals surface area contributed by atoms with Crippen molar-refractivity contribution in [2.45, 2.75) is 18.7 Å². The minimum absolute atomic E-state index is 0.0867. The van der Waals surface area contributed by atoms with Crippen molar-refractivity contribution in [1.82, 2.24) is 4.31 Å². The Morgan fingerprint density at radius 2 is 2.05 bits per heavy atom. The van der Waals surface area contributed by atoms with Crippen molar-refractivity contribution in [2.24, 2.45) is 0 Å². The van der Waals surface area contributed by atoms with Gasteiger partial charge in [-0.2, -0.15) is 4.31 Å². The molecule has 0 aliphatic carbocycles. The summed E-state index contributed by atoms with van der Waals surface area (Å²) in [6.45, 7) is 3.88. The molecule has 0 atom stereocenters. The van der Waals surface area contributed by atoms with Crippen molar-refractivity contribution < 1.29 is 18.1 Å². The molecule has 0 N–H and O–H groups in total. The molecule has 0 fully saturated rings. The Morgan fingerprint density at radius 3 is 2.52 bits per heavy atom. The van der Waals surface area contributed by atoms with E-state index in [4.69, 9.17) is 16.3 Å². The van der Waals surface area contributed by atoms with Crippen LogP contribution in [-0.2, 0) is 14.8 Å². The van der Waals surface area contributed by atoms with Gasteiger partial charge in [0, 0.05) is 26.3 Å². The van der Waals surface area contributed by atoms with Gasteiger partial charge >= 0.3 is 0 Å². The second-order valence-electron chi connectivity index (χ2n) is 4.32. The number of likely N-dealkylation sites (N-methyl/N-ethyl adjacent to an activating group) is 1. The van der Waals surface area contributed by atoms with Gasteiger partial charge in [-0.05, 0) is 18.6 Å². The summed E-state index contributed by atoms with van der Waals surface area (Å²) in [5, 5.41) is 10.8. The number of nitrogens with zero attached hydrogens (tertiary/aromatic N) is 2. The molecule has 0 aliphatic heterocycles. The van der Waals surface area contributed by atoms with Gasteiger partial charge in [0.05, 0.1) is 16.4 Å². The van der Waals surface area contributed by atoms with Crippen LogP contribution in [0.15, 0.2) is 17.0 Å². The molecule has 0 aromatic heterocycles. The number of aryl methyl sites for hydroxylation is 1. The Kier molecular flexibility index (Phi) is 6.09. The second kappa shape index (κ2) is 7.17. The molecule has 0 spiro atoms. The highest BCUT2D eigenvalue weighted by Crippen LogP contribution is 2.31. The van der Waals surface area contributed by atoms with Crippen LogP contribution in [0.5, 0.6) is 0 Å². The predicted octanol–water partition coefficient (Wildman–Crippen LogP) is 2.21. The minimum atomic E-state index is -3.84. The second-order valence-corrected chi connectivity index (χ2v) is 6.63. The third-order valence-electron chi connectivity index (χ3n) is 2.96. The van der Waals surface area contributed by atoms with Gasteiger partial charge in [-0.3, -0.25) is 10.1 Å². The number of hydrogen-bond donors (Lipinski definition) is 0. The molecule has 0 amide bonds. The first-order valence-electron chi connectivity index (χ1n) is 6.19. The van der Waals surface area contributed by atoms with E-state index in [0.717, 1.165) is 6.07 Å². The maximum absolute atomic E-state index is 12.6. The van der Waals surface area contributed by atoms with Crippen molar-refractivity contribution in [3.63, 3.8) is 0 Å². The summed E-state index contributed by atoms with van der Waals surface area (Å²) in [7, 11) is -2.37. The van der Waals surface area contributed by atoms with Crippen LogP contribution >= 0.6 is 11.6 Å². The molecule has 0 saturated heterocycles. The standard InChI is InChI=1S/C12H17ClN2O5S/c1-4-14(5-6-20-3)21(18,19)12-8-11(15(16)17)10(13)7-9(12)2/h7-8H,4-6H2,1-3H3. The van der Waals surface area contributed by atoms with Crippen molar-refractivity contribution in [1.29, 1.82) is 0 Å². The fourth-order valence-electron chi connectivity index (χ4n) is 1.84. The monoisotopic (exact) mass is 336 g/mol. The van der Waals surface area contributed by atoms with Crippen molar-refractivity contribution in [3.8, 4) is 0 Å². The predicted molar refractivity (Wildman–Crippen MR) is 79.2 cm³/mol. The van der Waals surface area contributed by atoms with Crippen LogP contribution in [0.4, 0.5) is 5.69 Å². The average Bonchev–Trinajstić information content (AvgIpc) is 2.38. The molecule has 0 heterocycles. The lowest BCUT2D eigenvalue weighted by Gasteiger charge is -2.21. The van der Waals surface area contributed by atoms with Crippen LogP contribution in [0.1, 0.15) is 12.5 Å². The molecule has 7 nitrogen and oxygen atoms in total. The van der Waals surface area contributed by atoms with Crippen LogP contribution in [-0.4, -0.2) is 44.5 Å². The van der Waals surface area contributed by atoms with Crippen LogP contribution in [0, 0.1) is 17.0 Å². The minimum Gasteiger partial charge on any atom is -0.383 e. The number of halogens is 1. The first kappa shape index (κ1) is 17.8. The highest BCUT2D eigenvalue weighted by atomic mass is 35.5. The summed E-state index contributed by atoms with van der Waals surface area (Å²) in [4.78, 5) is 10.1. The van der Waals surface area contributed by atoms with Crippen LogP contribution in [0.25, 0.3) is 0 Å². The van der Waals surface area contributed by atoms with Crippen LogP contribution in [0.3, 0.4) is 0 Å². The van der Waals surface area contributed by atoms with Gasteiger partial charge in [0.15, 0.2) is 0 Å². The molecule has 1 aromatic carbocycles. The van der Waals surface area contributed by atoms with Gasteiger partial charge in [-0.25, -0.2) is 8.42 Å². The normalized spacial score (nSPS) is 11.9. The maximum Gasteiger partial charge on any atom is 0.289 e. The number of rotatable bonds is 7. The van der Waals surface area contributed by atoms with E-state index in [1.165, 1.54) is 17.5 Å². The van der Waals surface area contributed by atoms with E-state index in [0.29, 0.717) is 5.56 Å². The Bertz CT molecular complexity index is 633. The zero-order chi connectivity index (χ0) is 16.2. The van der Waals surface area contributed by atoms with Gasteiger partial charge in [0.2, 0.25) is 10.0 Å². The van der Waals surface area contributed by atoms with E-state index in [2.05, 4.69) is 0 Å². The quantitative estimate of drug-likeness (QED) is 0.562. The zero-order valence-corrected chi connectivity index (χ0v) is 13.6. The summed E-state index contributed by atoms with van der Waals surface area (Å²) >= 11 is 5.77. The molecule has 0 saturated carbocycles. The van der Waals surface area contributed by atoms with Crippen LogP contribution < -0.4 is 0 Å². The largest absolute Gasteiger partial charge is 0.383 e. The molecular weight excluding hydrogens is 320 g/mol. The molecule has 9 heteroatoms. The molecule has 0 unspecified atom stereocenters. The Hall–Kier alpha value is -1.22. The zero-order valence-electron chi connectivity index (χ0n) is 12.0. The number of ether oxygens (including phenoxy) is 1. The number of benzene rings is 1. The summed E-state index contributed by atoms with van der Waals surface area (Å²) in [6.07, 6.45) is 0. The number of hydrogen-bond acceptors (Lipinski definition) is 5. The average molecular weight is 337 g/mol. The summed E-state index contributed by atoms with van der Waals surface area (Å²) in [6, 6.07) is 2.29. The van der Waals surface area contributed by atoms with Gasteiger partial charge in [0.25, 0.3) is 5.69 Å². The highest BCUT2D eigenvalue weighted by molar-refractivity contribution is 7.89. The molecule has 0 aliphatic rings. The molecule has 1 aromatic rings. The molecule has 0 bridgehead atoms. The van der Waals surface area contributed by atoms with E-state index in [9.17, 15) is 18.5 Å². The number of nitro groups is 1. The Morgan fingerprint density at radius 1 is 1.43 bits per heavy atom. The molecule has 1 rings (SSSR count). The fourth-order valence-corrected chi connectivity index (χ4v) is 3.79. The van der Waals surface area contributed by atoms with Crippen molar-refractivity contribution in [3.05, 3.63) is 32.8 Å². The van der Waals surface area contributed by atoms with Crippen molar-refractivity contribution >= 4 is 27.3 Å². The topological polar surface area (TPSA) is 89.8 Å². The lowest BCUT2D eigenvalue weighted by Crippen LogP contribution is -2.34. The number of methoxy groups -OCH3 is 1. The fraction of sp³-hybridized carbons (Fsp3) is 0.500.